The van der Waals surface area contributed by atoms with Gasteiger partial charge in [-0.05, 0) is 37.8 Å². The molecule has 2 heterocycles. The van der Waals surface area contributed by atoms with Crippen molar-refractivity contribution >= 4 is 37.4 Å². The number of thiophene rings is 1. The Balaban J connectivity index is 1.56. The molecule has 0 radical (unpaired) electrons. The molecule has 0 saturated heterocycles. The monoisotopic (exact) mass is 419 g/mol. The number of hydrogen-bond donors (Lipinski definition) is 1. The second-order valence-corrected chi connectivity index (χ2v) is 8.49. The summed E-state index contributed by atoms with van der Waals surface area (Å²) in [5, 5.41) is 9.11. The van der Waals surface area contributed by atoms with Gasteiger partial charge in [0.25, 0.3) is 5.56 Å². The summed E-state index contributed by atoms with van der Waals surface area (Å²) in [4.78, 5) is 26.2. The summed E-state index contributed by atoms with van der Waals surface area (Å²) in [6.45, 7) is 4.38. The van der Waals surface area contributed by atoms with Gasteiger partial charge >= 0.3 is 0 Å². The maximum absolute atomic E-state index is 13.3. The lowest BCUT2D eigenvalue weighted by atomic mass is 10.1. The second kappa shape index (κ2) is 8.79. The van der Waals surface area contributed by atoms with Crippen LogP contribution in [0.5, 0.6) is 0 Å². The Morgan fingerprint density at radius 3 is 2.63 bits per heavy atom. The van der Waals surface area contributed by atoms with Crippen molar-refractivity contribution in [1.82, 2.24) is 15.1 Å². The molecule has 0 aliphatic rings. The van der Waals surface area contributed by atoms with E-state index in [-0.39, 0.29) is 11.5 Å². The highest BCUT2D eigenvalue weighted by Crippen LogP contribution is 2.33. The van der Waals surface area contributed by atoms with Crippen molar-refractivity contribution in [3.8, 4) is 0 Å². The van der Waals surface area contributed by atoms with Crippen molar-refractivity contribution in [2.45, 2.75) is 39.2 Å². The van der Waals surface area contributed by atoms with Crippen LogP contribution in [0.3, 0.4) is 0 Å². The maximum atomic E-state index is 13.3. The van der Waals surface area contributed by atoms with Gasteiger partial charge in [0.1, 0.15) is 6.04 Å². The lowest BCUT2D eigenvalue weighted by Crippen LogP contribution is -2.39. The van der Waals surface area contributed by atoms with Crippen LogP contribution in [0, 0.1) is 6.92 Å². The van der Waals surface area contributed by atoms with Crippen LogP contribution in [-0.2, 0) is 11.2 Å². The van der Waals surface area contributed by atoms with Crippen molar-refractivity contribution in [2.75, 3.05) is 6.54 Å². The summed E-state index contributed by atoms with van der Waals surface area (Å²) >= 11 is 1.58. The zero-order valence-corrected chi connectivity index (χ0v) is 18.0. The molecule has 0 bridgehead atoms. The van der Waals surface area contributed by atoms with Gasteiger partial charge < -0.3 is 5.32 Å². The lowest BCUT2D eigenvalue weighted by Gasteiger charge is -2.17. The summed E-state index contributed by atoms with van der Waals surface area (Å²) in [6.07, 6.45) is 2.26. The van der Waals surface area contributed by atoms with Crippen molar-refractivity contribution in [3.05, 3.63) is 76.2 Å². The predicted molar refractivity (Wildman–Crippen MR) is 123 cm³/mol. The molecule has 0 saturated carbocycles. The number of carbonyl (C=O) groups is 1. The Morgan fingerprint density at radius 2 is 1.87 bits per heavy atom. The second-order valence-electron chi connectivity index (χ2n) is 7.44. The minimum Gasteiger partial charge on any atom is -0.354 e. The smallest absolute Gasteiger partial charge is 0.276 e. The molecule has 4 rings (SSSR count). The molecule has 1 amide bonds. The van der Waals surface area contributed by atoms with Gasteiger partial charge in [-0.3, -0.25) is 9.59 Å². The van der Waals surface area contributed by atoms with E-state index < -0.39 is 6.04 Å². The number of aromatic nitrogens is 2. The number of nitrogens with zero attached hydrogens (tertiary/aromatic N) is 2. The van der Waals surface area contributed by atoms with E-state index in [1.807, 2.05) is 56.3 Å². The van der Waals surface area contributed by atoms with Gasteiger partial charge in [-0.2, -0.15) is 5.10 Å². The van der Waals surface area contributed by atoms with E-state index in [2.05, 4.69) is 22.5 Å². The number of amides is 1. The SMILES string of the molecule is CCC(C(=O)NCCCc1ccccc1)n1nc(C)c2sc3ccccc3c2c1=O. The fourth-order valence-corrected chi connectivity index (χ4v) is 4.96. The summed E-state index contributed by atoms with van der Waals surface area (Å²) in [6, 6.07) is 17.5. The lowest BCUT2D eigenvalue weighted by molar-refractivity contribution is -0.124. The normalized spacial score (nSPS) is 12.3. The van der Waals surface area contributed by atoms with Gasteiger partial charge in [0.05, 0.1) is 15.8 Å². The third-order valence-corrected chi connectivity index (χ3v) is 6.65. The number of carbonyl (C=O) groups excluding carboxylic acids is 1. The van der Waals surface area contributed by atoms with Gasteiger partial charge in [-0.1, -0.05) is 55.5 Å². The average Bonchev–Trinajstić information content (AvgIpc) is 3.16. The number of benzene rings is 2. The van der Waals surface area contributed by atoms with Gasteiger partial charge in [-0.15, -0.1) is 11.3 Å². The Kier molecular flexibility index (Phi) is 5.95. The molecule has 30 heavy (non-hydrogen) atoms. The molecular formula is C24H25N3O2S. The van der Waals surface area contributed by atoms with E-state index >= 15 is 0 Å². The van der Waals surface area contributed by atoms with Gasteiger partial charge in [0.2, 0.25) is 5.91 Å². The van der Waals surface area contributed by atoms with Crippen molar-refractivity contribution in [3.63, 3.8) is 0 Å². The molecule has 1 N–H and O–H groups in total. The third-order valence-electron chi connectivity index (χ3n) is 5.37. The predicted octanol–water partition coefficient (Wildman–Crippen LogP) is 4.62. The zero-order valence-electron chi connectivity index (χ0n) is 17.2. The van der Waals surface area contributed by atoms with E-state index in [0.29, 0.717) is 18.4 Å². The molecule has 0 fully saturated rings. The Bertz CT molecular complexity index is 1240. The van der Waals surface area contributed by atoms with E-state index in [1.165, 1.54) is 10.2 Å². The fourth-order valence-electron chi connectivity index (χ4n) is 3.83. The molecule has 1 unspecified atom stereocenters. The summed E-state index contributed by atoms with van der Waals surface area (Å²) in [5.74, 6) is -0.154. The Hall–Kier alpha value is -2.99. The molecular weight excluding hydrogens is 394 g/mol. The molecule has 0 aliphatic heterocycles. The van der Waals surface area contributed by atoms with Crippen LogP contribution in [0.1, 0.15) is 37.1 Å². The molecule has 2 aromatic carbocycles. The van der Waals surface area contributed by atoms with Crippen LogP contribution in [0.15, 0.2) is 59.4 Å². The summed E-state index contributed by atoms with van der Waals surface area (Å²) < 4.78 is 3.34. The highest BCUT2D eigenvalue weighted by Gasteiger charge is 2.23. The number of nitrogens with one attached hydrogen (secondary N) is 1. The molecule has 6 heteroatoms. The molecule has 1 atom stereocenters. The quantitative estimate of drug-likeness (QED) is 0.445. The first-order valence-electron chi connectivity index (χ1n) is 10.3. The minimum absolute atomic E-state index is 0.154. The first-order valence-corrected chi connectivity index (χ1v) is 11.1. The maximum Gasteiger partial charge on any atom is 0.276 e. The van der Waals surface area contributed by atoms with Crippen LogP contribution in [0.4, 0.5) is 0 Å². The van der Waals surface area contributed by atoms with E-state index in [4.69, 9.17) is 0 Å². The summed E-state index contributed by atoms with van der Waals surface area (Å²) in [5.41, 5.74) is 1.84. The Morgan fingerprint density at radius 1 is 1.13 bits per heavy atom. The number of hydrogen-bond acceptors (Lipinski definition) is 4. The number of fused-ring (bicyclic) bond motifs is 3. The molecule has 0 spiro atoms. The van der Waals surface area contributed by atoms with Crippen molar-refractivity contribution < 1.29 is 4.79 Å². The van der Waals surface area contributed by atoms with Crippen LogP contribution in [-0.4, -0.2) is 22.2 Å². The standard InChI is InChI=1S/C24H25N3O2S/c1-3-19(23(28)25-15-9-12-17-10-5-4-6-11-17)27-24(29)21-18-13-7-8-14-20(18)30-22(21)16(2)26-27/h4-8,10-11,13-14,19H,3,9,12,15H2,1-2H3,(H,25,28). The highest BCUT2D eigenvalue weighted by atomic mass is 32.1. The number of rotatable bonds is 7. The van der Waals surface area contributed by atoms with Crippen LogP contribution < -0.4 is 10.9 Å². The van der Waals surface area contributed by atoms with E-state index in [1.54, 1.807) is 11.3 Å². The first kappa shape index (κ1) is 20.3. The fraction of sp³-hybridized carbons (Fsp3) is 0.292. The average molecular weight is 420 g/mol. The van der Waals surface area contributed by atoms with E-state index in [9.17, 15) is 9.59 Å². The Labute approximate surface area is 179 Å². The molecule has 0 aliphatic carbocycles. The van der Waals surface area contributed by atoms with Gasteiger partial charge in [-0.25, -0.2) is 4.68 Å². The third kappa shape index (κ3) is 3.87. The van der Waals surface area contributed by atoms with Crippen molar-refractivity contribution in [1.29, 1.82) is 0 Å². The minimum atomic E-state index is -0.615. The van der Waals surface area contributed by atoms with Gasteiger partial charge in [0.15, 0.2) is 0 Å². The molecule has 4 aromatic rings. The van der Waals surface area contributed by atoms with Crippen LogP contribution >= 0.6 is 11.3 Å². The highest BCUT2D eigenvalue weighted by molar-refractivity contribution is 7.26. The first-order chi connectivity index (χ1) is 14.6. The largest absolute Gasteiger partial charge is 0.354 e. The van der Waals surface area contributed by atoms with E-state index in [0.717, 1.165) is 33.3 Å². The zero-order chi connectivity index (χ0) is 21.1. The molecule has 5 nitrogen and oxygen atoms in total. The van der Waals surface area contributed by atoms with Crippen molar-refractivity contribution in [2.24, 2.45) is 0 Å². The van der Waals surface area contributed by atoms with Crippen LogP contribution in [0.25, 0.3) is 20.2 Å². The summed E-state index contributed by atoms with van der Waals surface area (Å²) in [7, 11) is 0. The topological polar surface area (TPSA) is 64.0 Å². The molecule has 2 aromatic heterocycles. The number of aryl methyl sites for hydroxylation is 2. The molecule has 154 valence electrons. The van der Waals surface area contributed by atoms with Gasteiger partial charge in [0, 0.05) is 16.6 Å². The van der Waals surface area contributed by atoms with Crippen LogP contribution in [0.2, 0.25) is 0 Å².